The highest BCUT2D eigenvalue weighted by molar-refractivity contribution is 5.28. The summed E-state index contributed by atoms with van der Waals surface area (Å²) in [4.78, 5) is 8.33. The molecule has 1 aromatic rings. The molecule has 0 saturated heterocycles. The fourth-order valence-corrected chi connectivity index (χ4v) is 1.20. The van der Waals surface area contributed by atoms with E-state index in [1.165, 1.54) is 0 Å². The topological polar surface area (TPSA) is 61.0 Å². The Bertz CT molecular complexity index is 292. The summed E-state index contributed by atoms with van der Waals surface area (Å²) in [6.07, 6.45) is 1.06. The molecular weight excluding hydrogens is 190 g/mol. The van der Waals surface area contributed by atoms with E-state index in [2.05, 4.69) is 23.8 Å². The van der Waals surface area contributed by atoms with Gasteiger partial charge in [-0.25, -0.2) is 9.97 Å². The molecule has 0 aliphatic rings. The minimum atomic E-state index is 0.443. The summed E-state index contributed by atoms with van der Waals surface area (Å²) >= 11 is 0. The Hall–Kier alpha value is -1.16. The first-order chi connectivity index (χ1) is 7.08. The summed E-state index contributed by atoms with van der Waals surface area (Å²) in [6.45, 7) is 7.43. The molecule has 0 saturated carbocycles. The molecule has 0 radical (unpaired) electrons. The first-order valence-corrected chi connectivity index (χ1v) is 5.25. The number of hydrogen-bond donors (Lipinski definition) is 1. The molecule has 1 heterocycles. The van der Waals surface area contributed by atoms with E-state index in [4.69, 9.17) is 10.5 Å². The van der Waals surface area contributed by atoms with Crippen LogP contribution in [-0.4, -0.2) is 16.6 Å². The fourth-order valence-electron chi connectivity index (χ4n) is 1.20. The van der Waals surface area contributed by atoms with Crippen LogP contribution in [0.25, 0.3) is 0 Å². The molecule has 0 aliphatic carbocycles. The third kappa shape index (κ3) is 4.74. The standard InChI is InChI=1S/C11H19N3O/c1-8(2)4-5-15-7-11-13-9(3)6-10(12)14-11/h6,8H,4-5,7H2,1-3H3,(H2,12,13,14). The molecule has 0 amide bonds. The van der Waals surface area contributed by atoms with Crippen molar-refractivity contribution in [2.24, 2.45) is 5.92 Å². The Balaban J connectivity index is 2.37. The fraction of sp³-hybridized carbons (Fsp3) is 0.636. The van der Waals surface area contributed by atoms with E-state index in [1.807, 2.05) is 6.92 Å². The average molecular weight is 209 g/mol. The van der Waals surface area contributed by atoms with Gasteiger partial charge in [0.15, 0.2) is 5.82 Å². The monoisotopic (exact) mass is 209 g/mol. The second-order valence-electron chi connectivity index (χ2n) is 4.09. The zero-order valence-electron chi connectivity index (χ0n) is 9.66. The molecule has 15 heavy (non-hydrogen) atoms. The van der Waals surface area contributed by atoms with Gasteiger partial charge in [-0.1, -0.05) is 13.8 Å². The summed E-state index contributed by atoms with van der Waals surface area (Å²) in [6, 6.07) is 1.75. The Kier molecular flexibility index (Phi) is 4.49. The van der Waals surface area contributed by atoms with Gasteiger partial charge in [-0.3, -0.25) is 0 Å². The molecule has 84 valence electrons. The number of aryl methyl sites for hydroxylation is 1. The van der Waals surface area contributed by atoms with Crippen molar-refractivity contribution in [3.8, 4) is 0 Å². The van der Waals surface area contributed by atoms with E-state index < -0.39 is 0 Å². The minimum Gasteiger partial charge on any atom is -0.384 e. The van der Waals surface area contributed by atoms with Crippen molar-refractivity contribution < 1.29 is 4.74 Å². The maximum absolute atomic E-state index is 5.61. The normalized spacial score (nSPS) is 10.9. The Labute approximate surface area is 90.9 Å². The first-order valence-electron chi connectivity index (χ1n) is 5.25. The molecule has 0 unspecified atom stereocenters. The maximum atomic E-state index is 5.61. The first kappa shape index (κ1) is 11.9. The number of nitrogens with zero attached hydrogens (tertiary/aromatic N) is 2. The van der Waals surface area contributed by atoms with Crippen LogP contribution in [0, 0.1) is 12.8 Å². The van der Waals surface area contributed by atoms with Crippen LogP contribution in [0.4, 0.5) is 5.82 Å². The summed E-state index contributed by atoms with van der Waals surface area (Å²) in [7, 11) is 0. The van der Waals surface area contributed by atoms with Crippen LogP contribution in [0.15, 0.2) is 6.07 Å². The van der Waals surface area contributed by atoms with Crippen molar-refractivity contribution in [3.63, 3.8) is 0 Å². The number of ether oxygens (including phenoxy) is 1. The van der Waals surface area contributed by atoms with Gasteiger partial charge in [0, 0.05) is 18.4 Å². The van der Waals surface area contributed by atoms with E-state index in [9.17, 15) is 0 Å². The number of aromatic nitrogens is 2. The zero-order valence-corrected chi connectivity index (χ0v) is 9.66. The lowest BCUT2D eigenvalue weighted by Crippen LogP contribution is -2.05. The summed E-state index contributed by atoms with van der Waals surface area (Å²) in [5, 5.41) is 0. The van der Waals surface area contributed by atoms with Gasteiger partial charge in [0.1, 0.15) is 12.4 Å². The van der Waals surface area contributed by atoms with E-state index in [1.54, 1.807) is 6.07 Å². The predicted octanol–water partition coefficient (Wildman–Crippen LogP) is 1.93. The van der Waals surface area contributed by atoms with E-state index in [-0.39, 0.29) is 0 Å². The van der Waals surface area contributed by atoms with Crippen molar-refractivity contribution in [1.29, 1.82) is 0 Å². The van der Waals surface area contributed by atoms with Crippen LogP contribution >= 0.6 is 0 Å². The van der Waals surface area contributed by atoms with Crippen LogP contribution in [0.1, 0.15) is 31.8 Å². The van der Waals surface area contributed by atoms with Crippen molar-refractivity contribution in [1.82, 2.24) is 9.97 Å². The van der Waals surface area contributed by atoms with Gasteiger partial charge in [-0.15, -0.1) is 0 Å². The number of nitrogens with two attached hydrogens (primary N) is 1. The van der Waals surface area contributed by atoms with Crippen LogP contribution < -0.4 is 5.73 Å². The highest BCUT2D eigenvalue weighted by atomic mass is 16.5. The Morgan fingerprint density at radius 1 is 1.40 bits per heavy atom. The Morgan fingerprint density at radius 2 is 2.13 bits per heavy atom. The third-order valence-electron chi connectivity index (χ3n) is 1.99. The lowest BCUT2D eigenvalue weighted by Gasteiger charge is -2.06. The zero-order chi connectivity index (χ0) is 11.3. The molecule has 1 aromatic heterocycles. The minimum absolute atomic E-state index is 0.443. The quantitative estimate of drug-likeness (QED) is 0.753. The van der Waals surface area contributed by atoms with Crippen molar-refractivity contribution >= 4 is 5.82 Å². The highest BCUT2D eigenvalue weighted by Crippen LogP contribution is 2.04. The van der Waals surface area contributed by atoms with Gasteiger partial charge in [0.2, 0.25) is 0 Å². The summed E-state index contributed by atoms with van der Waals surface area (Å²) in [5.74, 6) is 1.83. The van der Waals surface area contributed by atoms with E-state index >= 15 is 0 Å². The van der Waals surface area contributed by atoms with Crippen molar-refractivity contribution in [2.45, 2.75) is 33.8 Å². The van der Waals surface area contributed by atoms with Gasteiger partial charge >= 0.3 is 0 Å². The Morgan fingerprint density at radius 3 is 2.73 bits per heavy atom. The summed E-state index contributed by atoms with van der Waals surface area (Å²) in [5.41, 5.74) is 6.48. The molecule has 4 heteroatoms. The molecule has 0 fully saturated rings. The van der Waals surface area contributed by atoms with Crippen LogP contribution in [-0.2, 0) is 11.3 Å². The average Bonchev–Trinajstić information content (AvgIpc) is 2.10. The number of hydrogen-bond acceptors (Lipinski definition) is 4. The predicted molar refractivity (Wildman–Crippen MR) is 60.3 cm³/mol. The molecule has 2 N–H and O–H groups in total. The van der Waals surface area contributed by atoms with E-state index in [0.717, 1.165) is 18.7 Å². The smallest absolute Gasteiger partial charge is 0.156 e. The SMILES string of the molecule is Cc1cc(N)nc(COCCC(C)C)n1. The maximum Gasteiger partial charge on any atom is 0.156 e. The molecule has 1 rings (SSSR count). The summed E-state index contributed by atoms with van der Waals surface area (Å²) < 4.78 is 5.46. The van der Waals surface area contributed by atoms with Crippen LogP contribution in [0.5, 0.6) is 0 Å². The van der Waals surface area contributed by atoms with E-state index in [0.29, 0.717) is 24.2 Å². The van der Waals surface area contributed by atoms with Crippen LogP contribution in [0.2, 0.25) is 0 Å². The van der Waals surface area contributed by atoms with Gasteiger partial charge < -0.3 is 10.5 Å². The molecule has 0 aliphatic heterocycles. The molecule has 0 atom stereocenters. The number of nitrogen functional groups attached to an aromatic ring is 1. The molecular formula is C11H19N3O. The molecule has 4 nitrogen and oxygen atoms in total. The molecule has 0 bridgehead atoms. The highest BCUT2D eigenvalue weighted by Gasteiger charge is 2.00. The lowest BCUT2D eigenvalue weighted by molar-refractivity contribution is 0.105. The molecule has 0 spiro atoms. The van der Waals surface area contributed by atoms with Gasteiger partial charge in [0.05, 0.1) is 0 Å². The third-order valence-corrected chi connectivity index (χ3v) is 1.99. The van der Waals surface area contributed by atoms with Gasteiger partial charge in [-0.2, -0.15) is 0 Å². The second-order valence-corrected chi connectivity index (χ2v) is 4.09. The largest absolute Gasteiger partial charge is 0.384 e. The van der Waals surface area contributed by atoms with Crippen LogP contribution in [0.3, 0.4) is 0 Å². The lowest BCUT2D eigenvalue weighted by atomic mass is 10.1. The van der Waals surface area contributed by atoms with Gasteiger partial charge in [-0.05, 0) is 19.3 Å². The number of rotatable bonds is 5. The second kappa shape index (κ2) is 5.66. The van der Waals surface area contributed by atoms with Crippen molar-refractivity contribution in [2.75, 3.05) is 12.3 Å². The molecule has 0 aromatic carbocycles. The van der Waals surface area contributed by atoms with Gasteiger partial charge in [0.25, 0.3) is 0 Å². The van der Waals surface area contributed by atoms with Crippen molar-refractivity contribution in [3.05, 3.63) is 17.6 Å². The number of anilines is 1.